The van der Waals surface area contributed by atoms with Gasteiger partial charge in [0.2, 0.25) is 0 Å². The molecule has 17 heavy (non-hydrogen) atoms. The fraction of sp³-hybridized carbons (Fsp3) is 0.429. The topological polar surface area (TPSA) is 37.0 Å². The van der Waals surface area contributed by atoms with Gasteiger partial charge in [0.15, 0.2) is 0 Å². The molecule has 1 aliphatic rings. The number of nitrogens with one attached hydrogen (secondary N) is 2. The lowest BCUT2D eigenvalue weighted by Gasteiger charge is -2.28. The second-order valence-corrected chi connectivity index (χ2v) is 4.81. The molecule has 2 aromatic rings. The van der Waals surface area contributed by atoms with Crippen molar-refractivity contribution < 1.29 is 4.74 Å². The zero-order chi connectivity index (χ0) is 11.8. The van der Waals surface area contributed by atoms with Crippen LogP contribution in [0.25, 0.3) is 10.9 Å². The van der Waals surface area contributed by atoms with Gasteiger partial charge >= 0.3 is 0 Å². The van der Waals surface area contributed by atoms with Crippen molar-refractivity contribution in [3.63, 3.8) is 0 Å². The Bertz CT molecular complexity index is 524. The molecule has 1 aromatic heterocycles. The molecule has 3 rings (SSSR count). The Balaban J connectivity index is 2.02. The van der Waals surface area contributed by atoms with Gasteiger partial charge in [0, 0.05) is 23.1 Å². The molecule has 2 atom stereocenters. The smallest absolute Gasteiger partial charge is 0.0672 e. The number of rotatable bonds is 1. The Hall–Kier alpha value is -1.32. The summed E-state index contributed by atoms with van der Waals surface area (Å²) in [5.41, 5.74) is 3.80. The molecule has 2 heterocycles. The van der Waals surface area contributed by atoms with E-state index in [4.69, 9.17) is 4.74 Å². The van der Waals surface area contributed by atoms with E-state index < -0.39 is 0 Å². The summed E-state index contributed by atoms with van der Waals surface area (Å²) in [6.45, 7) is 5.91. The highest BCUT2D eigenvalue weighted by atomic mass is 16.5. The first-order valence-electron chi connectivity index (χ1n) is 6.18. The van der Waals surface area contributed by atoms with Gasteiger partial charge in [0.1, 0.15) is 0 Å². The summed E-state index contributed by atoms with van der Waals surface area (Å²) in [6, 6.07) is 8.76. The van der Waals surface area contributed by atoms with E-state index in [1.54, 1.807) is 0 Å². The third-order valence-electron chi connectivity index (χ3n) is 3.49. The van der Waals surface area contributed by atoms with E-state index >= 15 is 0 Å². The number of aryl methyl sites for hydroxylation is 1. The SMILES string of the molecule is Cc1[nH]c2ccccc2c1C1COC(C)CN1. The molecule has 0 aliphatic carbocycles. The number of ether oxygens (including phenoxy) is 1. The molecule has 0 spiro atoms. The highest BCUT2D eigenvalue weighted by Crippen LogP contribution is 2.29. The molecular formula is C14H18N2O. The van der Waals surface area contributed by atoms with Crippen molar-refractivity contribution in [2.45, 2.75) is 26.0 Å². The first-order chi connectivity index (χ1) is 8.25. The lowest BCUT2D eigenvalue weighted by Crippen LogP contribution is -2.39. The number of hydrogen-bond donors (Lipinski definition) is 2. The largest absolute Gasteiger partial charge is 0.375 e. The molecule has 1 fully saturated rings. The molecule has 0 amide bonds. The number of H-pyrrole nitrogens is 1. The summed E-state index contributed by atoms with van der Waals surface area (Å²) in [6.07, 6.45) is 0.316. The van der Waals surface area contributed by atoms with Crippen LogP contribution in [-0.2, 0) is 4.74 Å². The maximum Gasteiger partial charge on any atom is 0.0672 e. The number of morpholine rings is 1. The van der Waals surface area contributed by atoms with Crippen LogP contribution in [0.4, 0.5) is 0 Å². The Morgan fingerprint density at radius 1 is 1.29 bits per heavy atom. The van der Waals surface area contributed by atoms with Crippen LogP contribution in [0, 0.1) is 6.92 Å². The van der Waals surface area contributed by atoms with Gasteiger partial charge < -0.3 is 15.0 Å². The minimum Gasteiger partial charge on any atom is -0.375 e. The van der Waals surface area contributed by atoms with Crippen LogP contribution < -0.4 is 5.32 Å². The fourth-order valence-electron chi connectivity index (χ4n) is 2.62. The fourth-order valence-corrected chi connectivity index (χ4v) is 2.62. The quantitative estimate of drug-likeness (QED) is 0.790. The number of aromatic amines is 1. The van der Waals surface area contributed by atoms with E-state index in [-0.39, 0.29) is 0 Å². The first-order valence-corrected chi connectivity index (χ1v) is 6.18. The van der Waals surface area contributed by atoms with E-state index in [1.807, 2.05) is 0 Å². The van der Waals surface area contributed by atoms with Gasteiger partial charge in [0.25, 0.3) is 0 Å². The summed E-state index contributed by atoms with van der Waals surface area (Å²) in [4.78, 5) is 3.44. The van der Waals surface area contributed by atoms with E-state index in [2.05, 4.69) is 48.4 Å². The van der Waals surface area contributed by atoms with Gasteiger partial charge in [-0.05, 0) is 25.5 Å². The van der Waals surface area contributed by atoms with E-state index in [9.17, 15) is 0 Å². The Labute approximate surface area is 101 Å². The third-order valence-corrected chi connectivity index (χ3v) is 3.49. The van der Waals surface area contributed by atoms with E-state index in [0.717, 1.165) is 13.2 Å². The molecule has 3 nitrogen and oxygen atoms in total. The summed E-state index contributed by atoms with van der Waals surface area (Å²) < 4.78 is 5.74. The van der Waals surface area contributed by atoms with Crippen LogP contribution in [0.2, 0.25) is 0 Å². The van der Waals surface area contributed by atoms with Crippen molar-refractivity contribution in [2.75, 3.05) is 13.2 Å². The molecule has 0 bridgehead atoms. The van der Waals surface area contributed by atoms with Crippen molar-refractivity contribution in [3.05, 3.63) is 35.5 Å². The molecule has 1 saturated heterocycles. The van der Waals surface area contributed by atoms with Crippen molar-refractivity contribution in [3.8, 4) is 0 Å². The highest BCUT2D eigenvalue weighted by Gasteiger charge is 2.23. The Morgan fingerprint density at radius 2 is 2.12 bits per heavy atom. The van der Waals surface area contributed by atoms with Crippen LogP contribution in [0.5, 0.6) is 0 Å². The Kier molecular flexibility index (Phi) is 2.65. The summed E-state index contributed by atoms with van der Waals surface area (Å²) in [7, 11) is 0. The summed E-state index contributed by atoms with van der Waals surface area (Å²) in [5, 5.41) is 4.87. The van der Waals surface area contributed by atoms with Crippen LogP contribution >= 0.6 is 0 Å². The van der Waals surface area contributed by atoms with Crippen LogP contribution in [-0.4, -0.2) is 24.2 Å². The predicted molar refractivity (Wildman–Crippen MR) is 69.2 cm³/mol. The molecule has 2 N–H and O–H groups in total. The molecule has 2 unspecified atom stereocenters. The standard InChI is InChI=1S/C14H18N2O/c1-9-7-15-13(8-17-9)14-10(2)16-12-6-4-3-5-11(12)14/h3-6,9,13,15-16H,7-8H2,1-2H3. The van der Waals surface area contributed by atoms with Crippen molar-refractivity contribution >= 4 is 10.9 Å². The third kappa shape index (κ3) is 1.85. The highest BCUT2D eigenvalue weighted by molar-refractivity contribution is 5.85. The average Bonchev–Trinajstić information content (AvgIpc) is 2.66. The minimum atomic E-state index is 0.308. The number of aromatic nitrogens is 1. The lowest BCUT2D eigenvalue weighted by atomic mass is 10.0. The number of fused-ring (bicyclic) bond motifs is 1. The van der Waals surface area contributed by atoms with Gasteiger partial charge in [-0.25, -0.2) is 0 Å². The zero-order valence-corrected chi connectivity index (χ0v) is 10.3. The monoisotopic (exact) mass is 230 g/mol. The maximum atomic E-state index is 5.74. The molecule has 1 aromatic carbocycles. The molecule has 1 aliphatic heterocycles. The van der Waals surface area contributed by atoms with Crippen molar-refractivity contribution in [1.82, 2.24) is 10.3 Å². The molecule has 0 saturated carbocycles. The van der Waals surface area contributed by atoms with Crippen LogP contribution in [0.1, 0.15) is 24.2 Å². The molecular weight excluding hydrogens is 212 g/mol. The van der Waals surface area contributed by atoms with E-state index in [1.165, 1.54) is 22.2 Å². The summed E-state index contributed by atoms with van der Waals surface area (Å²) >= 11 is 0. The van der Waals surface area contributed by atoms with Crippen LogP contribution in [0.3, 0.4) is 0 Å². The molecule has 0 radical (unpaired) electrons. The second kappa shape index (κ2) is 4.17. The zero-order valence-electron chi connectivity index (χ0n) is 10.3. The maximum absolute atomic E-state index is 5.74. The van der Waals surface area contributed by atoms with Gasteiger partial charge in [-0.1, -0.05) is 18.2 Å². The summed E-state index contributed by atoms with van der Waals surface area (Å²) in [5.74, 6) is 0. The molecule has 90 valence electrons. The second-order valence-electron chi connectivity index (χ2n) is 4.81. The lowest BCUT2D eigenvalue weighted by molar-refractivity contribution is 0.0151. The number of para-hydroxylation sites is 1. The van der Waals surface area contributed by atoms with Crippen molar-refractivity contribution in [2.24, 2.45) is 0 Å². The van der Waals surface area contributed by atoms with Gasteiger partial charge in [0.05, 0.1) is 18.8 Å². The Morgan fingerprint density at radius 3 is 2.88 bits per heavy atom. The molecule has 3 heteroatoms. The number of benzene rings is 1. The predicted octanol–water partition coefficient (Wildman–Crippen LogP) is 2.53. The van der Waals surface area contributed by atoms with Crippen LogP contribution in [0.15, 0.2) is 24.3 Å². The minimum absolute atomic E-state index is 0.308. The average molecular weight is 230 g/mol. The van der Waals surface area contributed by atoms with Gasteiger partial charge in [-0.2, -0.15) is 0 Å². The normalized spacial score (nSPS) is 25.3. The first kappa shape index (κ1) is 10.8. The van der Waals surface area contributed by atoms with Crippen molar-refractivity contribution in [1.29, 1.82) is 0 Å². The van der Waals surface area contributed by atoms with Gasteiger partial charge in [-0.3, -0.25) is 0 Å². The van der Waals surface area contributed by atoms with E-state index in [0.29, 0.717) is 12.1 Å². The number of hydrogen-bond acceptors (Lipinski definition) is 2. The van der Waals surface area contributed by atoms with Gasteiger partial charge in [-0.15, -0.1) is 0 Å².